The minimum absolute atomic E-state index is 0.0895. The molecule has 0 fully saturated rings. The number of allylic oxidation sites excluding steroid dienone is 2. The van der Waals surface area contributed by atoms with Gasteiger partial charge in [0.15, 0.2) is 6.10 Å². The highest BCUT2D eigenvalue weighted by molar-refractivity contribution is 5.70. The lowest BCUT2D eigenvalue weighted by Crippen LogP contribution is -2.30. The SMILES string of the molecule is CCCCCCCC/C=C\CCCCCCCCOCC(COC(=O)CCCCCCCCCCCCCCC)OC(=O)CCCCCCC. The van der Waals surface area contributed by atoms with Crippen molar-refractivity contribution in [2.24, 2.45) is 0 Å². The summed E-state index contributed by atoms with van der Waals surface area (Å²) in [6.07, 6.45) is 45.2. The molecule has 0 heterocycles. The highest BCUT2D eigenvalue weighted by Crippen LogP contribution is 2.14. The second-order valence-electron chi connectivity index (χ2n) is 15.0. The molecular weight excluding hydrogens is 620 g/mol. The number of unbranched alkanes of at least 4 members (excludes halogenated alkanes) is 28. The smallest absolute Gasteiger partial charge is 0.306 e. The molecule has 0 aliphatic carbocycles. The monoisotopic (exact) mass is 707 g/mol. The Hall–Kier alpha value is -1.36. The molecule has 0 saturated carbocycles. The van der Waals surface area contributed by atoms with Crippen molar-refractivity contribution in [3.8, 4) is 0 Å². The molecule has 5 nitrogen and oxygen atoms in total. The Balaban J connectivity index is 4.04. The molecule has 1 atom stereocenters. The van der Waals surface area contributed by atoms with Gasteiger partial charge in [0.05, 0.1) is 6.61 Å². The van der Waals surface area contributed by atoms with E-state index in [2.05, 4.69) is 32.9 Å². The minimum atomic E-state index is -0.525. The van der Waals surface area contributed by atoms with Crippen LogP contribution in [0, 0.1) is 0 Å². The molecule has 0 radical (unpaired) electrons. The van der Waals surface area contributed by atoms with Crippen LogP contribution in [0.1, 0.15) is 239 Å². The van der Waals surface area contributed by atoms with Crippen molar-refractivity contribution in [2.75, 3.05) is 19.8 Å². The summed E-state index contributed by atoms with van der Waals surface area (Å²) >= 11 is 0. The van der Waals surface area contributed by atoms with E-state index in [0.717, 1.165) is 44.9 Å². The molecule has 1 unspecified atom stereocenters. The molecule has 0 N–H and O–H groups in total. The van der Waals surface area contributed by atoms with Gasteiger partial charge in [0, 0.05) is 19.4 Å². The zero-order valence-corrected chi connectivity index (χ0v) is 33.9. The highest BCUT2D eigenvalue weighted by atomic mass is 16.6. The third kappa shape index (κ3) is 39.4. The van der Waals surface area contributed by atoms with Gasteiger partial charge in [0.2, 0.25) is 0 Å². The van der Waals surface area contributed by atoms with Gasteiger partial charge in [-0.1, -0.05) is 193 Å². The lowest BCUT2D eigenvalue weighted by atomic mass is 10.0. The van der Waals surface area contributed by atoms with Gasteiger partial charge < -0.3 is 14.2 Å². The summed E-state index contributed by atoms with van der Waals surface area (Å²) in [5.74, 6) is -0.401. The zero-order chi connectivity index (χ0) is 36.4. The Morgan fingerprint density at radius 1 is 0.420 bits per heavy atom. The number of carbonyl (C=O) groups is 2. The van der Waals surface area contributed by atoms with E-state index < -0.39 is 6.10 Å². The molecule has 0 aliphatic heterocycles. The van der Waals surface area contributed by atoms with E-state index in [1.807, 2.05) is 0 Å². The Morgan fingerprint density at radius 2 is 0.780 bits per heavy atom. The third-order valence-corrected chi connectivity index (χ3v) is 9.80. The first kappa shape index (κ1) is 48.6. The Bertz CT molecular complexity index is 720. The molecule has 5 heteroatoms. The van der Waals surface area contributed by atoms with E-state index in [4.69, 9.17) is 14.2 Å². The van der Waals surface area contributed by atoms with E-state index in [1.165, 1.54) is 161 Å². The number of hydrogen-bond acceptors (Lipinski definition) is 5. The fraction of sp³-hybridized carbons (Fsp3) is 0.911. The van der Waals surface area contributed by atoms with Crippen LogP contribution in [0.25, 0.3) is 0 Å². The lowest BCUT2D eigenvalue weighted by Gasteiger charge is -2.18. The van der Waals surface area contributed by atoms with Crippen LogP contribution in [0.2, 0.25) is 0 Å². The molecule has 0 aromatic carbocycles. The topological polar surface area (TPSA) is 61.8 Å². The average molecular weight is 707 g/mol. The Labute approximate surface area is 312 Å². The second-order valence-corrected chi connectivity index (χ2v) is 15.0. The third-order valence-electron chi connectivity index (χ3n) is 9.80. The zero-order valence-electron chi connectivity index (χ0n) is 33.9. The number of carbonyl (C=O) groups excluding carboxylic acids is 2. The van der Waals surface area contributed by atoms with Crippen molar-refractivity contribution < 1.29 is 23.8 Å². The molecule has 0 aromatic heterocycles. The quantitative estimate of drug-likeness (QED) is 0.0360. The van der Waals surface area contributed by atoms with Crippen molar-refractivity contribution in [1.29, 1.82) is 0 Å². The summed E-state index contributed by atoms with van der Waals surface area (Å²) in [6, 6.07) is 0. The van der Waals surface area contributed by atoms with Crippen LogP contribution in [0.4, 0.5) is 0 Å². The molecule has 0 amide bonds. The van der Waals surface area contributed by atoms with E-state index in [0.29, 0.717) is 26.1 Å². The lowest BCUT2D eigenvalue weighted by molar-refractivity contribution is -0.163. The van der Waals surface area contributed by atoms with Crippen LogP contribution in [-0.2, 0) is 23.8 Å². The molecule has 0 spiro atoms. The normalized spacial score (nSPS) is 12.1. The van der Waals surface area contributed by atoms with Crippen molar-refractivity contribution in [2.45, 2.75) is 245 Å². The fourth-order valence-electron chi connectivity index (χ4n) is 6.45. The highest BCUT2D eigenvalue weighted by Gasteiger charge is 2.17. The number of rotatable bonds is 41. The maximum absolute atomic E-state index is 12.5. The van der Waals surface area contributed by atoms with E-state index >= 15 is 0 Å². The number of hydrogen-bond donors (Lipinski definition) is 0. The standard InChI is InChI=1S/C45H86O5/c1-4-7-10-13-15-17-19-21-22-23-25-27-29-31-34-37-40-48-41-43(50-45(47)39-36-32-12-9-6-3)42-49-44(46)38-35-33-30-28-26-24-20-18-16-14-11-8-5-2/h21-22,43H,4-20,23-42H2,1-3H3/b22-21-. The molecule has 0 bridgehead atoms. The number of esters is 2. The number of ether oxygens (including phenoxy) is 3. The Kier molecular flexibility index (Phi) is 40.9. The van der Waals surface area contributed by atoms with Gasteiger partial charge in [-0.25, -0.2) is 0 Å². The van der Waals surface area contributed by atoms with Crippen LogP contribution >= 0.6 is 0 Å². The van der Waals surface area contributed by atoms with Crippen molar-refractivity contribution in [1.82, 2.24) is 0 Å². The predicted molar refractivity (Wildman–Crippen MR) is 215 cm³/mol. The van der Waals surface area contributed by atoms with Crippen LogP contribution in [0.5, 0.6) is 0 Å². The molecule has 296 valence electrons. The Morgan fingerprint density at radius 3 is 1.22 bits per heavy atom. The van der Waals surface area contributed by atoms with Gasteiger partial charge in [-0.2, -0.15) is 0 Å². The van der Waals surface area contributed by atoms with E-state index in [-0.39, 0.29) is 18.5 Å². The van der Waals surface area contributed by atoms with Crippen LogP contribution in [0.15, 0.2) is 12.2 Å². The summed E-state index contributed by atoms with van der Waals surface area (Å²) in [6.45, 7) is 7.77. The van der Waals surface area contributed by atoms with Crippen LogP contribution in [0.3, 0.4) is 0 Å². The molecule has 0 rings (SSSR count). The predicted octanol–water partition coefficient (Wildman–Crippen LogP) is 14.3. The van der Waals surface area contributed by atoms with E-state index in [9.17, 15) is 9.59 Å². The molecule has 0 aliphatic rings. The van der Waals surface area contributed by atoms with Crippen LogP contribution < -0.4 is 0 Å². The second kappa shape index (κ2) is 42.1. The summed E-state index contributed by atoms with van der Waals surface area (Å²) in [4.78, 5) is 25.0. The minimum Gasteiger partial charge on any atom is -0.462 e. The maximum atomic E-state index is 12.5. The molecular formula is C45H86O5. The van der Waals surface area contributed by atoms with Gasteiger partial charge in [-0.15, -0.1) is 0 Å². The first-order valence-corrected chi connectivity index (χ1v) is 22.2. The van der Waals surface area contributed by atoms with Gasteiger partial charge in [-0.05, 0) is 44.9 Å². The molecule has 0 aromatic rings. The summed E-state index contributed by atoms with van der Waals surface area (Å²) in [5.41, 5.74) is 0. The maximum Gasteiger partial charge on any atom is 0.306 e. The van der Waals surface area contributed by atoms with Gasteiger partial charge in [-0.3, -0.25) is 9.59 Å². The molecule has 50 heavy (non-hydrogen) atoms. The summed E-state index contributed by atoms with van der Waals surface area (Å²) in [7, 11) is 0. The van der Waals surface area contributed by atoms with Crippen molar-refractivity contribution in [3.63, 3.8) is 0 Å². The molecule has 0 saturated heterocycles. The average Bonchev–Trinajstić information content (AvgIpc) is 3.11. The van der Waals surface area contributed by atoms with Crippen molar-refractivity contribution >= 4 is 11.9 Å². The fourth-order valence-corrected chi connectivity index (χ4v) is 6.45. The summed E-state index contributed by atoms with van der Waals surface area (Å²) in [5, 5.41) is 0. The first-order valence-electron chi connectivity index (χ1n) is 22.2. The first-order chi connectivity index (χ1) is 24.6. The van der Waals surface area contributed by atoms with Gasteiger partial charge in [0.25, 0.3) is 0 Å². The van der Waals surface area contributed by atoms with Crippen LogP contribution in [-0.4, -0.2) is 37.9 Å². The largest absolute Gasteiger partial charge is 0.462 e. The van der Waals surface area contributed by atoms with E-state index in [1.54, 1.807) is 0 Å². The van der Waals surface area contributed by atoms with Crippen molar-refractivity contribution in [3.05, 3.63) is 12.2 Å². The van der Waals surface area contributed by atoms with Gasteiger partial charge >= 0.3 is 11.9 Å². The van der Waals surface area contributed by atoms with Gasteiger partial charge in [0.1, 0.15) is 6.61 Å². The summed E-state index contributed by atoms with van der Waals surface area (Å²) < 4.78 is 17.2.